The van der Waals surface area contributed by atoms with Crippen LogP contribution in [0.15, 0.2) is 4.99 Å². The Morgan fingerprint density at radius 2 is 1.52 bits per heavy atom. The van der Waals surface area contributed by atoms with Crippen LogP contribution in [0.25, 0.3) is 0 Å². The van der Waals surface area contributed by atoms with E-state index >= 15 is 0 Å². The van der Waals surface area contributed by atoms with E-state index in [0.29, 0.717) is 96.9 Å². The van der Waals surface area contributed by atoms with Crippen molar-refractivity contribution in [3.8, 4) is 0 Å². The number of aliphatic imine (C=N–C) groups is 1. The molecule has 0 saturated carbocycles. The van der Waals surface area contributed by atoms with Gasteiger partial charge < -0.3 is 40.8 Å². The molecule has 2 saturated heterocycles. The molecule has 3 atom stereocenters. The minimum Gasteiger partial charge on any atom is -0.432 e. The second-order valence-electron chi connectivity index (χ2n) is 12.2. The largest absolute Gasteiger partial charge is 0.432 e. The Morgan fingerprint density at radius 1 is 0.854 bits per heavy atom. The van der Waals surface area contributed by atoms with Crippen LogP contribution in [0.1, 0.15) is 77.6 Å². The summed E-state index contributed by atoms with van der Waals surface area (Å²) in [6.07, 6.45) is 8.08. The molecule has 0 radical (unpaired) electrons. The molecule has 14 nitrogen and oxygen atoms in total. The summed E-state index contributed by atoms with van der Waals surface area (Å²) in [4.78, 5) is 53.6. The summed E-state index contributed by atoms with van der Waals surface area (Å²) in [5, 5.41) is 15.2. The van der Waals surface area contributed by atoms with E-state index in [-0.39, 0.29) is 35.8 Å². The van der Waals surface area contributed by atoms with Crippen molar-refractivity contribution in [1.29, 1.82) is 0 Å². The fourth-order valence-electron chi connectivity index (χ4n) is 5.49. The Balaban J connectivity index is 1.24. The molecule has 5 amide bonds. The SMILES string of the molecule is C=NCN(CC)CCCCNC(=O)CCCC(=O)NCCCOCCOCC[OH+]CCCNC(=O)CCCC[C@@H]1SC[C@@H]2NC(=O)N[C@@H]21. The van der Waals surface area contributed by atoms with Crippen LogP contribution >= 0.6 is 11.8 Å². The van der Waals surface area contributed by atoms with Crippen molar-refractivity contribution in [2.45, 2.75) is 94.9 Å². The zero-order chi connectivity index (χ0) is 34.7. The van der Waals surface area contributed by atoms with Crippen molar-refractivity contribution in [2.75, 3.05) is 84.8 Å². The normalized spacial score (nSPS) is 18.3. The van der Waals surface area contributed by atoms with Gasteiger partial charge in [0.15, 0.2) is 6.61 Å². The van der Waals surface area contributed by atoms with Gasteiger partial charge in [-0.05, 0) is 58.3 Å². The molecule has 0 aromatic heterocycles. The van der Waals surface area contributed by atoms with E-state index in [4.69, 9.17) is 9.47 Å². The molecule has 2 fully saturated rings. The fourth-order valence-corrected chi connectivity index (χ4v) is 7.03. The van der Waals surface area contributed by atoms with Crippen LogP contribution in [0.3, 0.4) is 0 Å². The number of hydrogen-bond donors (Lipinski definition) is 5. The Kier molecular flexibility index (Phi) is 23.8. The highest BCUT2D eigenvalue weighted by atomic mass is 32.2. The summed E-state index contributed by atoms with van der Waals surface area (Å²) in [5.74, 6) is 0.996. The Bertz CT molecular complexity index is 933. The van der Waals surface area contributed by atoms with Gasteiger partial charge in [-0.2, -0.15) is 11.8 Å². The third-order valence-electron chi connectivity index (χ3n) is 8.23. The quantitative estimate of drug-likeness (QED) is 0.0312. The average Bonchev–Trinajstić information content (AvgIpc) is 3.63. The van der Waals surface area contributed by atoms with Gasteiger partial charge in [-0.15, -0.1) is 0 Å². The molecule has 0 aliphatic carbocycles. The number of fused-ring (bicyclic) bond motifs is 1. The molecule has 6 N–H and O–H groups in total. The first kappa shape index (κ1) is 41.7. The van der Waals surface area contributed by atoms with Crippen molar-refractivity contribution in [1.82, 2.24) is 31.5 Å². The monoisotopic (exact) mass is 700 g/mol. The molecule has 0 bridgehead atoms. The molecule has 15 heteroatoms. The van der Waals surface area contributed by atoms with Crippen molar-refractivity contribution in [3.05, 3.63) is 0 Å². The molecular formula is C33H62N7O7S+. The second-order valence-corrected chi connectivity index (χ2v) is 13.4. The summed E-state index contributed by atoms with van der Waals surface area (Å²) in [6, 6.07) is 0.422. The molecule has 0 spiro atoms. The number of nitrogens with zero attached hydrogens (tertiary/aromatic N) is 2. The van der Waals surface area contributed by atoms with Crippen molar-refractivity contribution in [3.63, 3.8) is 0 Å². The molecule has 48 heavy (non-hydrogen) atoms. The van der Waals surface area contributed by atoms with E-state index in [1.165, 1.54) is 0 Å². The van der Waals surface area contributed by atoms with E-state index in [1.54, 1.807) is 0 Å². The van der Waals surface area contributed by atoms with Crippen LogP contribution in [0.4, 0.5) is 4.79 Å². The van der Waals surface area contributed by atoms with E-state index in [9.17, 15) is 19.2 Å². The summed E-state index contributed by atoms with van der Waals surface area (Å²) in [6.45, 7) is 13.3. The molecule has 0 aromatic rings. The van der Waals surface area contributed by atoms with Gasteiger partial charge in [0.2, 0.25) is 17.7 Å². The number of aliphatic hydroxyl groups is 2. The summed E-state index contributed by atoms with van der Waals surface area (Å²) in [7, 11) is 0. The smallest absolute Gasteiger partial charge is 0.315 e. The number of rotatable bonds is 31. The zero-order valence-corrected chi connectivity index (χ0v) is 29.9. The molecule has 0 aromatic carbocycles. The predicted octanol–water partition coefficient (Wildman–Crippen LogP) is 1.33. The van der Waals surface area contributed by atoms with E-state index in [2.05, 4.69) is 54.9 Å². The van der Waals surface area contributed by atoms with Crippen LogP contribution in [0.2, 0.25) is 0 Å². The summed E-state index contributed by atoms with van der Waals surface area (Å²) < 4.78 is 15.5. The number of ether oxygens (including phenoxy) is 3. The lowest BCUT2D eigenvalue weighted by Crippen LogP contribution is -2.36. The molecule has 2 aliphatic rings. The minimum absolute atomic E-state index is 0.0101. The fraction of sp³-hybridized carbons (Fsp3) is 0.848. The highest BCUT2D eigenvalue weighted by Gasteiger charge is 2.42. The maximum atomic E-state index is 12.1. The number of nitrogens with one attached hydrogen (secondary N) is 5. The van der Waals surface area contributed by atoms with Crippen molar-refractivity contribution < 1.29 is 33.4 Å². The maximum absolute atomic E-state index is 12.1. The first-order chi connectivity index (χ1) is 23.4. The predicted molar refractivity (Wildman–Crippen MR) is 191 cm³/mol. The zero-order valence-electron chi connectivity index (χ0n) is 29.1. The van der Waals surface area contributed by atoms with E-state index in [0.717, 1.165) is 63.8 Å². The number of unbranched alkanes of at least 4 members (excludes halogenated alkanes) is 2. The van der Waals surface area contributed by atoms with Gasteiger partial charge in [0, 0.05) is 62.9 Å². The summed E-state index contributed by atoms with van der Waals surface area (Å²) in [5.41, 5.74) is 0. The third kappa shape index (κ3) is 20.1. The first-order valence-electron chi connectivity index (χ1n) is 17.8. The third-order valence-corrected chi connectivity index (χ3v) is 9.74. The lowest BCUT2D eigenvalue weighted by molar-refractivity contribution is -0.123. The average molecular weight is 701 g/mol. The lowest BCUT2D eigenvalue weighted by atomic mass is 10.0. The van der Waals surface area contributed by atoms with Crippen LogP contribution in [0.5, 0.6) is 0 Å². The molecule has 276 valence electrons. The number of carbonyl (C=O) groups is 4. The molecule has 2 aliphatic heterocycles. The number of amides is 5. The summed E-state index contributed by atoms with van der Waals surface area (Å²) >= 11 is 1.91. The van der Waals surface area contributed by atoms with E-state index < -0.39 is 0 Å². The molecular weight excluding hydrogens is 638 g/mol. The topological polar surface area (TPSA) is 175 Å². The van der Waals surface area contributed by atoms with Crippen LogP contribution < -0.4 is 26.6 Å². The van der Waals surface area contributed by atoms with Crippen molar-refractivity contribution in [2.24, 2.45) is 4.99 Å². The Labute approximate surface area is 291 Å². The minimum atomic E-state index is -0.0569. The van der Waals surface area contributed by atoms with Crippen LogP contribution in [0, 0.1) is 0 Å². The maximum Gasteiger partial charge on any atom is 0.315 e. The lowest BCUT2D eigenvalue weighted by Gasteiger charge is -2.17. The van der Waals surface area contributed by atoms with Gasteiger partial charge in [0.1, 0.15) is 13.2 Å². The van der Waals surface area contributed by atoms with Gasteiger partial charge in [-0.3, -0.25) is 24.3 Å². The first-order valence-corrected chi connectivity index (χ1v) is 18.9. The molecule has 2 rings (SSSR count). The highest BCUT2D eigenvalue weighted by molar-refractivity contribution is 8.00. The Morgan fingerprint density at radius 3 is 2.23 bits per heavy atom. The molecule has 0 unspecified atom stereocenters. The van der Waals surface area contributed by atoms with Crippen molar-refractivity contribution >= 4 is 42.2 Å². The van der Waals surface area contributed by atoms with Gasteiger partial charge in [0.05, 0.1) is 32.0 Å². The number of hydrogen-bond acceptors (Lipinski definition) is 9. The van der Waals surface area contributed by atoms with E-state index in [1.807, 2.05) is 11.8 Å². The van der Waals surface area contributed by atoms with Gasteiger partial charge in [-0.1, -0.05) is 13.3 Å². The highest BCUT2D eigenvalue weighted by Crippen LogP contribution is 2.33. The standard InChI is InChI=1S/C33H61N7O7S/c1-3-40(26-34-2)18-7-6-15-35-30(42)13-8-14-31(43)37-17-10-20-46-22-24-47-23-21-45-19-9-16-36-29(41)12-5-4-11-28-32-27(25-48-28)38-33(44)39-32/h27-28,32H,2-26H2,1H3,(H,35,42)(H,36,41)(H,37,43)(H2,38,39,44)/p+1/t27-,28-,32-/m0/s1. The van der Waals surface area contributed by atoms with Gasteiger partial charge in [0.25, 0.3) is 0 Å². The number of thioether (sulfide) groups is 1. The van der Waals surface area contributed by atoms with Gasteiger partial charge >= 0.3 is 6.03 Å². The Hall–Kier alpha value is -2.46. The van der Waals surface area contributed by atoms with Gasteiger partial charge in [-0.25, -0.2) is 4.79 Å². The molecule has 2 heterocycles. The number of carbonyl (C=O) groups excluding carboxylic acids is 4. The second kappa shape index (κ2) is 27.4. The van der Waals surface area contributed by atoms with Crippen LogP contribution in [-0.4, -0.2) is 142 Å². The number of urea groups is 1. The van der Waals surface area contributed by atoms with Crippen LogP contribution in [-0.2, 0) is 23.9 Å².